The highest BCUT2D eigenvalue weighted by Crippen LogP contribution is 2.16. The van der Waals surface area contributed by atoms with Crippen molar-refractivity contribution in [2.75, 3.05) is 0 Å². The Labute approximate surface area is 118 Å². The first-order chi connectivity index (χ1) is 9.16. The van der Waals surface area contributed by atoms with Crippen molar-refractivity contribution < 1.29 is 4.79 Å². The quantitative estimate of drug-likeness (QED) is 0.903. The predicted octanol–water partition coefficient (Wildman–Crippen LogP) is 3.76. The highest BCUT2D eigenvalue weighted by atomic mass is 35.5. The lowest BCUT2D eigenvalue weighted by Crippen LogP contribution is -2.28. The molecule has 0 radical (unpaired) electrons. The van der Waals surface area contributed by atoms with Crippen molar-refractivity contribution in [1.82, 2.24) is 5.32 Å². The molecular formula is C16H16ClNO. The molecule has 0 aliphatic rings. The summed E-state index contributed by atoms with van der Waals surface area (Å²) in [7, 11) is 0. The van der Waals surface area contributed by atoms with Crippen molar-refractivity contribution in [3.8, 4) is 0 Å². The van der Waals surface area contributed by atoms with E-state index in [4.69, 9.17) is 11.6 Å². The van der Waals surface area contributed by atoms with E-state index in [1.54, 1.807) is 6.07 Å². The van der Waals surface area contributed by atoms with Gasteiger partial charge in [0.05, 0.1) is 12.5 Å². The van der Waals surface area contributed by atoms with Gasteiger partial charge in [-0.3, -0.25) is 4.79 Å². The lowest BCUT2D eigenvalue weighted by Gasteiger charge is -2.14. The van der Waals surface area contributed by atoms with Crippen LogP contribution in [0, 0.1) is 0 Å². The third kappa shape index (κ3) is 3.83. The Morgan fingerprint density at radius 1 is 1.11 bits per heavy atom. The third-order valence-corrected chi connectivity index (χ3v) is 3.35. The number of amides is 1. The van der Waals surface area contributed by atoms with E-state index < -0.39 is 0 Å². The molecule has 0 saturated carbocycles. The Kier molecular flexibility index (Phi) is 4.58. The molecule has 0 aliphatic carbocycles. The minimum atomic E-state index is -0.0237. The SMILES string of the molecule is CC(NC(=O)Cc1ccccc1Cl)c1ccccc1. The summed E-state index contributed by atoms with van der Waals surface area (Å²) in [6, 6.07) is 17.3. The Morgan fingerprint density at radius 2 is 1.74 bits per heavy atom. The zero-order chi connectivity index (χ0) is 13.7. The second kappa shape index (κ2) is 6.39. The van der Waals surface area contributed by atoms with E-state index in [0.717, 1.165) is 11.1 Å². The molecule has 2 rings (SSSR count). The van der Waals surface area contributed by atoms with Crippen molar-refractivity contribution in [2.24, 2.45) is 0 Å². The van der Waals surface area contributed by atoms with E-state index >= 15 is 0 Å². The van der Waals surface area contributed by atoms with Gasteiger partial charge in [0, 0.05) is 5.02 Å². The molecule has 0 spiro atoms. The fraction of sp³-hybridized carbons (Fsp3) is 0.188. The molecule has 98 valence electrons. The highest BCUT2D eigenvalue weighted by Gasteiger charge is 2.11. The summed E-state index contributed by atoms with van der Waals surface area (Å²) < 4.78 is 0. The summed E-state index contributed by atoms with van der Waals surface area (Å²) in [4.78, 5) is 12.0. The minimum absolute atomic E-state index is 0.00353. The number of hydrogen-bond acceptors (Lipinski definition) is 1. The van der Waals surface area contributed by atoms with Gasteiger partial charge in [0.2, 0.25) is 5.91 Å². The molecule has 0 aromatic heterocycles. The summed E-state index contributed by atoms with van der Waals surface area (Å²) in [5, 5.41) is 3.60. The fourth-order valence-corrected chi connectivity index (χ4v) is 2.13. The van der Waals surface area contributed by atoms with Gasteiger partial charge in [-0.15, -0.1) is 0 Å². The van der Waals surface area contributed by atoms with Crippen LogP contribution in [0.4, 0.5) is 0 Å². The first kappa shape index (κ1) is 13.6. The van der Waals surface area contributed by atoms with Gasteiger partial charge < -0.3 is 5.32 Å². The number of halogens is 1. The second-order valence-corrected chi connectivity index (χ2v) is 4.88. The maximum absolute atomic E-state index is 12.0. The van der Waals surface area contributed by atoms with Gasteiger partial charge in [0.1, 0.15) is 0 Å². The molecule has 1 atom stereocenters. The molecule has 0 aliphatic heterocycles. The number of hydrogen-bond donors (Lipinski definition) is 1. The van der Waals surface area contributed by atoms with E-state index in [2.05, 4.69) is 5.32 Å². The molecule has 0 fully saturated rings. The first-order valence-electron chi connectivity index (χ1n) is 6.24. The van der Waals surface area contributed by atoms with Crippen LogP contribution in [-0.4, -0.2) is 5.91 Å². The van der Waals surface area contributed by atoms with Crippen molar-refractivity contribution in [2.45, 2.75) is 19.4 Å². The normalized spacial score (nSPS) is 11.9. The second-order valence-electron chi connectivity index (χ2n) is 4.47. The van der Waals surface area contributed by atoms with Gasteiger partial charge >= 0.3 is 0 Å². The average Bonchev–Trinajstić information content (AvgIpc) is 2.42. The van der Waals surface area contributed by atoms with Crippen LogP contribution in [0.3, 0.4) is 0 Å². The third-order valence-electron chi connectivity index (χ3n) is 2.99. The lowest BCUT2D eigenvalue weighted by molar-refractivity contribution is -0.121. The standard InChI is InChI=1S/C16H16ClNO/c1-12(13-7-3-2-4-8-13)18-16(19)11-14-9-5-6-10-15(14)17/h2-10,12H,11H2,1H3,(H,18,19). The minimum Gasteiger partial charge on any atom is -0.349 e. The molecule has 0 bridgehead atoms. The van der Waals surface area contributed by atoms with Crippen molar-refractivity contribution in [1.29, 1.82) is 0 Å². The molecule has 2 aromatic carbocycles. The van der Waals surface area contributed by atoms with Crippen molar-refractivity contribution in [3.05, 3.63) is 70.7 Å². The van der Waals surface area contributed by atoms with Crippen LogP contribution in [0.1, 0.15) is 24.1 Å². The van der Waals surface area contributed by atoms with Crippen LogP contribution in [0.5, 0.6) is 0 Å². The van der Waals surface area contributed by atoms with Crippen LogP contribution in [-0.2, 0) is 11.2 Å². The largest absolute Gasteiger partial charge is 0.349 e. The molecule has 1 amide bonds. The van der Waals surface area contributed by atoms with E-state index in [0.29, 0.717) is 11.4 Å². The molecule has 2 nitrogen and oxygen atoms in total. The topological polar surface area (TPSA) is 29.1 Å². The van der Waals surface area contributed by atoms with Crippen LogP contribution in [0.15, 0.2) is 54.6 Å². The Morgan fingerprint density at radius 3 is 2.42 bits per heavy atom. The highest BCUT2D eigenvalue weighted by molar-refractivity contribution is 6.31. The lowest BCUT2D eigenvalue weighted by atomic mass is 10.1. The number of rotatable bonds is 4. The van der Waals surface area contributed by atoms with Gasteiger partial charge in [-0.2, -0.15) is 0 Å². The number of carbonyl (C=O) groups is 1. The van der Waals surface area contributed by atoms with E-state index in [9.17, 15) is 4.79 Å². The predicted molar refractivity (Wildman–Crippen MR) is 78.2 cm³/mol. The first-order valence-corrected chi connectivity index (χ1v) is 6.62. The monoisotopic (exact) mass is 273 g/mol. The molecule has 19 heavy (non-hydrogen) atoms. The average molecular weight is 274 g/mol. The molecule has 0 saturated heterocycles. The Bertz CT molecular complexity index is 554. The Balaban J connectivity index is 1.97. The number of carbonyl (C=O) groups excluding carboxylic acids is 1. The Hall–Kier alpha value is -1.80. The molecular weight excluding hydrogens is 258 g/mol. The van der Waals surface area contributed by atoms with E-state index in [1.165, 1.54) is 0 Å². The van der Waals surface area contributed by atoms with Crippen LogP contribution < -0.4 is 5.32 Å². The van der Waals surface area contributed by atoms with Gasteiger partial charge in [-0.05, 0) is 24.1 Å². The van der Waals surface area contributed by atoms with Crippen molar-refractivity contribution in [3.63, 3.8) is 0 Å². The van der Waals surface area contributed by atoms with E-state index in [-0.39, 0.29) is 11.9 Å². The van der Waals surface area contributed by atoms with E-state index in [1.807, 2.05) is 55.5 Å². The summed E-state index contributed by atoms with van der Waals surface area (Å²) in [5.41, 5.74) is 1.94. The summed E-state index contributed by atoms with van der Waals surface area (Å²) >= 11 is 6.04. The fourth-order valence-electron chi connectivity index (χ4n) is 1.93. The van der Waals surface area contributed by atoms with Crippen LogP contribution in [0.25, 0.3) is 0 Å². The maximum Gasteiger partial charge on any atom is 0.224 e. The van der Waals surface area contributed by atoms with Gasteiger partial charge in [0.15, 0.2) is 0 Å². The van der Waals surface area contributed by atoms with Gasteiger partial charge in [-0.25, -0.2) is 0 Å². The van der Waals surface area contributed by atoms with Crippen molar-refractivity contribution >= 4 is 17.5 Å². The molecule has 3 heteroatoms. The molecule has 1 unspecified atom stereocenters. The summed E-state index contributed by atoms with van der Waals surface area (Å²) in [6.45, 7) is 1.97. The molecule has 2 aromatic rings. The number of benzene rings is 2. The molecule has 1 N–H and O–H groups in total. The zero-order valence-electron chi connectivity index (χ0n) is 10.8. The maximum atomic E-state index is 12.0. The van der Waals surface area contributed by atoms with Gasteiger partial charge in [0.25, 0.3) is 0 Å². The smallest absolute Gasteiger partial charge is 0.224 e. The van der Waals surface area contributed by atoms with Gasteiger partial charge in [-0.1, -0.05) is 60.1 Å². The van der Waals surface area contributed by atoms with Crippen LogP contribution >= 0.6 is 11.6 Å². The van der Waals surface area contributed by atoms with Crippen LogP contribution in [0.2, 0.25) is 5.02 Å². The summed E-state index contributed by atoms with van der Waals surface area (Å²) in [5.74, 6) is -0.0237. The molecule has 0 heterocycles. The summed E-state index contributed by atoms with van der Waals surface area (Å²) in [6.07, 6.45) is 0.302. The number of nitrogens with one attached hydrogen (secondary N) is 1. The zero-order valence-corrected chi connectivity index (χ0v) is 11.5.